The average Bonchev–Trinajstić information content (AvgIpc) is 2.69. The Kier molecular flexibility index (Phi) is 6.76. The van der Waals surface area contributed by atoms with Gasteiger partial charge in [0.15, 0.2) is 0 Å². The Hall–Kier alpha value is -2.69. The Morgan fingerprint density at radius 1 is 0.885 bits per heavy atom. The molecule has 0 atom stereocenters. The molecule has 26 heavy (non-hydrogen) atoms. The lowest BCUT2D eigenvalue weighted by Crippen LogP contribution is -2.28. The zero-order valence-electron chi connectivity index (χ0n) is 14.8. The van der Waals surface area contributed by atoms with E-state index in [1.807, 2.05) is 36.4 Å². The van der Waals surface area contributed by atoms with Gasteiger partial charge >= 0.3 is 0 Å². The van der Waals surface area contributed by atoms with Crippen molar-refractivity contribution in [1.82, 2.24) is 9.88 Å². The molecule has 0 radical (unpaired) electrons. The van der Waals surface area contributed by atoms with E-state index in [0.717, 1.165) is 36.6 Å². The van der Waals surface area contributed by atoms with Gasteiger partial charge in [-0.3, -0.25) is 9.88 Å². The van der Waals surface area contributed by atoms with Crippen LogP contribution in [0.25, 0.3) is 0 Å². The van der Waals surface area contributed by atoms with E-state index < -0.39 is 0 Å². The van der Waals surface area contributed by atoms with Crippen molar-refractivity contribution in [3.63, 3.8) is 0 Å². The third-order valence-corrected chi connectivity index (χ3v) is 4.20. The zero-order valence-corrected chi connectivity index (χ0v) is 14.8. The highest BCUT2D eigenvalue weighted by molar-refractivity contribution is 5.37. The molecule has 0 fully saturated rings. The van der Waals surface area contributed by atoms with Gasteiger partial charge in [-0.05, 0) is 30.2 Å². The van der Waals surface area contributed by atoms with Crippen molar-refractivity contribution in [2.75, 3.05) is 19.7 Å². The molecular weight excluding hydrogens is 324 g/mol. The van der Waals surface area contributed by atoms with Crippen LogP contribution >= 0.6 is 0 Å². The fraction of sp³-hybridized carbons (Fsp3) is 0.227. The zero-order chi connectivity index (χ0) is 18.0. The summed E-state index contributed by atoms with van der Waals surface area (Å²) in [6, 6.07) is 22.2. The van der Waals surface area contributed by atoms with Crippen LogP contribution in [0.2, 0.25) is 0 Å². The summed E-state index contributed by atoms with van der Waals surface area (Å²) in [7, 11) is 0. The molecular formula is C22H24N2O2. The third kappa shape index (κ3) is 5.41. The molecule has 0 spiro atoms. The van der Waals surface area contributed by atoms with Gasteiger partial charge in [0.2, 0.25) is 0 Å². The number of para-hydroxylation sites is 1. The minimum Gasteiger partial charge on any atom is -0.455 e. The van der Waals surface area contributed by atoms with Crippen LogP contribution in [0.5, 0.6) is 11.5 Å². The second kappa shape index (κ2) is 9.70. The van der Waals surface area contributed by atoms with Crippen molar-refractivity contribution in [2.24, 2.45) is 0 Å². The summed E-state index contributed by atoms with van der Waals surface area (Å²) in [5, 5.41) is 9.44. The van der Waals surface area contributed by atoms with Gasteiger partial charge in [0.1, 0.15) is 11.5 Å². The first kappa shape index (κ1) is 18.1. The topological polar surface area (TPSA) is 45.6 Å². The molecule has 0 amide bonds. The Labute approximate surface area is 154 Å². The van der Waals surface area contributed by atoms with E-state index in [4.69, 9.17) is 4.74 Å². The predicted molar refractivity (Wildman–Crippen MR) is 103 cm³/mol. The second-order valence-electron chi connectivity index (χ2n) is 6.13. The fourth-order valence-electron chi connectivity index (χ4n) is 2.85. The Balaban J connectivity index is 1.68. The normalized spacial score (nSPS) is 10.8. The van der Waals surface area contributed by atoms with E-state index in [1.165, 1.54) is 5.56 Å². The summed E-state index contributed by atoms with van der Waals surface area (Å²) in [5.74, 6) is 1.54. The first-order valence-electron chi connectivity index (χ1n) is 8.88. The van der Waals surface area contributed by atoms with E-state index in [1.54, 1.807) is 12.4 Å². The maximum Gasteiger partial charge on any atom is 0.145 e. The van der Waals surface area contributed by atoms with E-state index in [0.29, 0.717) is 6.54 Å². The fourth-order valence-corrected chi connectivity index (χ4v) is 2.85. The lowest BCUT2D eigenvalue weighted by molar-refractivity contribution is 0.190. The number of rotatable bonds is 9. The summed E-state index contributed by atoms with van der Waals surface area (Å²) < 4.78 is 6.00. The highest BCUT2D eigenvalue weighted by Crippen LogP contribution is 2.25. The maximum atomic E-state index is 9.44. The van der Waals surface area contributed by atoms with E-state index >= 15 is 0 Å². The number of aromatic nitrogens is 1. The van der Waals surface area contributed by atoms with Crippen molar-refractivity contribution < 1.29 is 9.84 Å². The SMILES string of the molecule is OCCN(CCc1ccccc1)Cc1ccccc1Oc1cccnc1. The van der Waals surface area contributed by atoms with Gasteiger partial charge in [-0.1, -0.05) is 48.5 Å². The molecule has 0 aliphatic heterocycles. The molecule has 0 unspecified atom stereocenters. The standard InChI is InChI=1S/C22H24N2O2/c25-16-15-24(14-12-19-7-2-1-3-8-19)18-20-9-4-5-11-22(20)26-21-10-6-13-23-17-21/h1-11,13,17,25H,12,14-16,18H2. The number of aliphatic hydroxyl groups excluding tert-OH is 1. The largest absolute Gasteiger partial charge is 0.455 e. The summed E-state index contributed by atoms with van der Waals surface area (Å²) in [4.78, 5) is 6.34. The highest BCUT2D eigenvalue weighted by atomic mass is 16.5. The van der Waals surface area contributed by atoms with Crippen LogP contribution in [0, 0.1) is 0 Å². The van der Waals surface area contributed by atoms with Crippen molar-refractivity contribution in [3.8, 4) is 11.5 Å². The molecule has 134 valence electrons. The second-order valence-corrected chi connectivity index (χ2v) is 6.13. The highest BCUT2D eigenvalue weighted by Gasteiger charge is 2.11. The minimum absolute atomic E-state index is 0.139. The summed E-state index contributed by atoms with van der Waals surface area (Å²) in [6.07, 6.45) is 4.38. The molecule has 0 aliphatic rings. The lowest BCUT2D eigenvalue weighted by atomic mass is 10.1. The molecule has 0 aliphatic carbocycles. The number of ether oxygens (including phenoxy) is 1. The van der Waals surface area contributed by atoms with Crippen LogP contribution in [0.4, 0.5) is 0 Å². The van der Waals surface area contributed by atoms with Crippen LogP contribution in [0.15, 0.2) is 79.1 Å². The van der Waals surface area contributed by atoms with E-state index in [-0.39, 0.29) is 6.61 Å². The van der Waals surface area contributed by atoms with Crippen molar-refractivity contribution in [3.05, 3.63) is 90.3 Å². The van der Waals surface area contributed by atoms with Gasteiger partial charge in [-0.15, -0.1) is 0 Å². The smallest absolute Gasteiger partial charge is 0.145 e. The van der Waals surface area contributed by atoms with Crippen molar-refractivity contribution in [1.29, 1.82) is 0 Å². The van der Waals surface area contributed by atoms with Crippen LogP contribution in [0.3, 0.4) is 0 Å². The molecule has 0 bridgehead atoms. The summed E-state index contributed by atoms with van der Waals surface area (Å²) in [6.45, 7) is 2.38. The molecule has 0 saturated carbocycles. The molecule has 3 rings (SSSR count). The summed E-state index contributed by atoms with van der Waals surface area (Å²) in [5.41, 5.74) is 2.40. The number of pyridine rings is 1. The van der Waals surface area contributed by atoms with E-state index in [9.17, 15) is 5.11 Å². The average molecular weight is 348 g/mol. The first-order chi connectivity index (χ1) is 12.8. The Morgan fingerprint density at radius 2 is 1.69 bits per heavy atom. The molecule has 0 saturated heterocycles. The van der Waals surface area contributed by atoms with Gasteiger partial charge in [0.05, 0.1) is 12.8 Å². The third-order valence-electron chi connectivity index (χ3n) is 4.20. The molecule has 2 aromatic carbocycles. The Bertz CT molecular complexity index is 778. The van der Waals surface area contributed by atoms with Crippen LogP contribution in [-0.4, -0.2) is 34.7 Å². The van der Waals surface area contributed by atoms with Gasteiger partial charge in [-0.25, -0.2) is 0 Å². The van der Waals surface area contributed by atoms with Crippen molar-refractivity contribution >= 4 is 0 Å². The molecule has 4 nitrogen and oxygen atoms in total. The molecule has 1 aromatic heterocycles. The lowest BCUT2D eigenvalue weighted by Gasteiger charge is -2.23. The molecule has 4 heteroatoms. The molecule has 1 heterocycles. The molecule has 3 aromatic rings. The van der Waals surface area contributed by atoms with Gasteiger partial charge in [0.25, 0.3) is 0 Å². The number of aliphatic hydroxyl groups is 1. The monoisotopic (exact) mass is 348 g/mol. The quantitative estimate of drug-likeness (QED) is 0.637. The molecule has 1 N–H and O–H groups in total. The first-order valence-corrected chi connectivity index (χ1v) is 8.88. The number of nitrogens with zero attached hydrogens (tertiary/aromatic N) is 2. The maximum absolute atomic E-state index is 9.44. The number of benzene rings is 2. The van der Waals surface area contributed by atoms with Crippen LogP contribution < -0.4 is 4.74 Å². The van der Waals surface area contributed by atoms with Crippen molar-refractivity contribution in [2.45, 2.75) is 13.0 Å². The minimum atomic E-state index is 0.139. The Morgan fingerprint density at radius 3 is 2.46 bits per heavy atom. The van der Waals surface area contributed by atoms with Gasteiger partial charge < -0.3 is 9.84 Å². The van der Waals surface area contributed by atoms with Crippen LogP contribution in [0.1, 0.15) is 11.1 Å². The van der Waals surface area contributed by atoms with Gasteiger partial charge in [-0.2, -0.15) is 0 Å². The van der Waals surface area contributed by atoms with Gasteiger partial charge in [0, 0.05) is 31.4 Å². The summed E-state index contributed by atoms with van der Waals surface area (Å²) >= 11 is 0. The predicted octanol–water partition coefficient (Wildman–Crippen LogP) is 3.91. The van der Waals surface area contributed by atoms with Crippen LogP contribution in [-0.2, 0) is 13.0 Å². The number of hydrogen-bond acceptors (Lipinski definition) is 4. The van der Waals surface area contributed by atoms with E-state index in [2.05, 4.69) is 40.2 Å². The number of hydrogen-bond donors (Lipinski definition) is 1.